The Hall–Kier alpha value is -1.32. The first-order valence-corrected chi connectivity index (χ1v) is 6.06. The van der Waals surface area contributed by atoms with Crippen molar-refractivity contribution >= 4 is 22.0 Å². The molecule has 0 atom stereocenters. The summed E-state index contributed by atoms with van der Waals surface area (Å²) in [5, 5.41) is 1.77. The van der Waals surface area contributed by atoms with E-state index in [2.05, 4.69) is 4.40 Å². The van der Waals surface area contributed by atoms with Gasteiger partial charge in [0, 0.05) is 0 Å². The maximum absolute atomic E-state index is 12.0. The molecule has 0 saturated heterocycles. The van der Waals surface area contributed by atoms with Gasteiger partial charge in [-0.05, 0) is 27.7 Å². The first kappa shape index (κ1) is 16.7. The molecule has 1 N–H and O–H groups in total. The van der Waals surface area contributed by atoms with Crippen LogP contribution in [0.1, 0.15) is 27.7 Å². The van der Waals surface area contributed by atoms with E-state index in [1.54, 1.807) is 5.32 Å². The summed E-state index contributed by atoms with van der Waals surface area (Å²) in [4.78, 5) is 11.1. The van der Waals surface area contributed by atoms with E-state index in [0.717, 1.165) is 6.92 Å². The van der Waals surface area contributed by atoms with Gasteiger partial charge in [-0.1, -0.05) is 0 Å². The summed E-state index contributed by atoms with van der Waals surface area (Å²) in [5.74, 6) is -0.735. The molecule has 1 amide bonds. The van der Waals surface area contributed by atoms with E-state index in [4.69, 9.17) is 4.74 Å². The van der Waals surface area contributed by atoms with Gasteiger partial charge in [0.1, 0.15) is 11.4 Å². The van der Waals surface area contributed by atoms with Crippen LogP contribution in [0, 0.1) is 0 Å². The second-order valence-electron chi connectivity index (χ2n) is 4.22. The lowest BCUT2D eigenvalue weighted by atomic mass is 10.2. The lowest BCUT2D eigenvalue weighted by Crippen LogP contribution is -2.36. The quantitative estimate of drug-likeness (QED) is 0.589. The predicted octanol–water partition coefficient (Wildman–Crippen LogP) is 1.78. The molecule has 0 radical (unpaired) electrons. The molecule has 0 aromatic carbocycles. The summed E-state index contributed by atoms with van der Waals surface area (Å²) >= 11 is 0. The van der Waals surface area contributed by atoms with Crippen molar-refractivity contribution in [2.24, 2.45) is 4.40 Å². The number of rotatable bonds is 1. The topological polar surface area (TPSA) is 84.8 Å². The Morgan fingerprint density at radius 1 is 1.22 bits per heavy atom. The molecule has 0 saturated carbocycles. The monoisotopic (exact) mass is 290 g/mol. The highest BCUT2D eigenvalue weighted by Crippen LogP contribution is 2.24. The third kappa shape index (κ3) is 5.84. The van der Waals surface area contributed by atoms with Gasteiger partial charge in [0.2, 0.25) is 0 Å². The molecule has 0 aliphatic rings. The minimum atomic E-state index is -5.67. The normalized spacial score (nSPS) is 14.3. The van der Waals surface area contributed by atoms with Gasteiger partial charge in [-0.25, -0.2) is 4.79 Å². The number of amidine groups is 1. The second-order valence-corrected chi connectivity index (χ2v) is 5.82. The van der Waals surface area contributed by atoms with Crippen LogP contribution in [0.15, 0.2) is 4.40 Å². The minimum Gasteiger partial charge on any atom is -0.444 e. The van der Waals surface area contributed by atoms with E-state index in [1.807, 2.05) is 0 Å². The molecule has 0 heterocycles. The number of carbonyl (C=O) groups excluding carboxylic acids is 1. The van der Waals surface area contributed by atoms with E-state index in [0.29, 0.717) is 0 Å². The molecule has 0 aromatic heterocycles. The fourth-order valence-corrected chi connectivity index (χ4v) is 1.22. The fraction of sp³-hybridized carbons (Fsp3) is 0.750. The van der Waals surface area contributed by atoms with Crippen LogP contribution in [-0.2, 0) is 14.8 Å². The number of alkyl carbamates (subject to hydrolysis) is 1. The molecule has 0 spiro atoms. The molecule has 6 nitrogen and oxygen atoms in total. The van der Waals surface area contributed by atoms with Crippen LogP contribution >= 0.6 is 0 Å². The van der Waals surface area contributed by atoms with Crippen molar-refractivity contribution in [3.63, 3.8) is 0 Å². The van der Waals surface area contributed by atoms with E-state index in [1.165, 1.54) is 20.8 Å². The number of hydrogen-bond acceptors (Lipinski definition) is 4. The third-order valence-electron chi connectivity index (χ3n) is 1.23. The van der Waals surface area contributed by atoms with Crippen LogP contribution in [-0.4, -0.2) is 31.5 Å². The predicted molar refractivity (Wildman–Crippen MR) is 57.5 cm³/mol. The van der Waals surface area contributed by atoms with E-state index >= 15 is 0 Å². The zero-order valence-electron chi connectivity index (χ0n) is 10.1. The van der Waals surface area contributed by atoms with Crippen molar-refractivity contribution in [1.82, 2.24) is 5.32 Å². The summed E-state index contributed by atoms with van der Waals surface area (Å²) in [6, 6.07) is 0. The van der Waals surface area contributed by atoms with E-state index in [9.17, 15) is 26.4 Å². The molecule has 0 unspecified atom stereocenters. The number of halogens is 3. The van der Waals surface area contributed by atoms with Crippen molar-refractivity contribution in [2.75, 3.05) is 0 Å². The second kappa shape index (κ2) is 5.12. The van der Waals surface area contributed by atoms with Gasteiger partial charge in [0.25, 0.3) is 0 Å². The van der Waals surface area contributed by atoms with Crippen LogP contribution in [0.5, 0.6) is 0 Å². The third-order valence-corrected chi connectivity index (χ3v) is 2.33. The lowest BCUT2D eigenvalue weighted by Gasteiger charge is -2.19. The Balaban J connectivity index is 4.80. The molecule has 0 aliphatic heterocycles. The molecule has 0 aromatic rings. The van der Waals surface area contributed by atoms with Crippen molar-refractivity contribution in [2.45, 2.75) is 38.8 Å². The molecule has 0 bridgehead atoms. The lowest BCUT2D eigenvalue weighted by molar-refractivity contribution is -0.0435. The fourth-order valence-electron chi connectivity index (χ4n) is 0.706. The number of alkyl halides is 3. The average molecular weight is 290 g/mol. The van der Waals surface area contributed by atoms with Crippen molar-refractivity contribution < 1.29 is 31.1 Å². The van der Waals surface area contributed by atoms with Gasteiger partial charge >= 0.3 is 21.6 Å². The molecule has 10 heteroatoms. The first-order valence-electron chi connectivity index (χ1n) is 4.62. The van der Waals surface area contributed by atoms with Crippen molar-refractivity contribution in [1.29, 1.82) is 0 Å². The maximum atomic E-state index is 12.0. The van der Waals surface area contributed by atoms with E-state index < -0.39 is 33.1 Å². The van der Waals surface area contributed by atoms with E-state index in [-0.39, 0.29) is 0 Å². The Bertz CT molecular complexity index is 448. The van der Waals surface area contributed by atoms with Gasteiger partial charge in [-0.15, -0.1) is 4.40 Å². The van der Waals surface area contributed by atoms with Crippen LogP contribution in [0.4, 0.5) is 18.0 Å². The summed E-state index contributed by atoms with van der Waals surface area (Å²) in [6.45, 7) is 5.50. The zero-order valence-corrected chi connectivity index (χ0v) is 10.9. The summed E-state index contributed by atoms with van der Waals surface area (Å²) in [5.41, 5.74) is -6.38. The molecule has 106 valence electrons. The molecule has 18 heavy (non-hydrogen) atoms. The van der Waals surface area contributed by atoms with Crippen LogP contribution in [0.2, 0.25) is 0 Å². The largest absolute Gasteiger partial charge is 0.518 e. The van der Waals surface area contributed by atoms with Crippen LogP contribution in [0.25, 0.3) is 0 Å². The molecule has 0 aliphatic carbocycles. The highest BCUT2D eigenvalue weighted by atomic mass is 32.2. The molecular formula is C8H13F3N2O4S. The van der Waals surface area contributed by atoms with Crippen LogP contribution in [0.3, 0.4) is 0 Å². The number of nitrogens with one attached hydrogen (secondary N) is 1. The number of carbonyl (C=O) groups is 1. The Morgan fingerprint density at radius 2 is 1.67 bits per heavy atom. The Labute approximate surface area is 102 Å². The zero-order chi connectivity index (χ0) is 14.8. The van der Waals surface area contributed by atoms with Crippen LogP contribution < -0.4 is 5.32 Å². The number of hydrogen-bond donors (Lipinski definition) is 1. The van der Waals surface area contributed by atoms with Gasteiger partial charge in [0.15, 0.2) is 0 Å². The summed E-state index contributed by atoms with van der Waals surface area (Å²) in [6.07, 6.45) is -1.10. The smallest absolute Gasteiger partial charge is 0.444 e. The number of nitrogens with zero attached hydrogens (tertiary/aromatic N) is 1. The van der Waals surface area contributed by atoms with Gasteiger partial charge in [0.05, 0.1) is 0 Å². The summed E-state index contributed by atoms with van der Waals surface area (Å²) in [7, 11) is -5.67. The standard InChI is InChI=1S/C8H13F3N2O4S/c1-5(12-6(14)17-7(2,3)4)13-18(15,16)8(9,10)11/h1-4H3,(H,12,13,14). The van der Waals surface area contributed by atoms with Crippen molar-refractivity contribution in [3.8, 4) is 0 Å². The van der Waals surface area contributed by atoms with Crippen molar-refractivity contribution in [3.05, 3.63) is 0 Å². The number of sulfonamides is 1. The van der Waals surface area contributed by atoms with Gasteiger partial charge in [-0.2, -0.15) is 21.6 Å². The summed E-state index contributed by atoms with van der Waals surface area (Å²) < 4.78 is 64.2. The SMILES string of the molecule is C/C(=N/S(=O)(=O)C(F)(F)F)NC(=O)OC(C)(C)C. The Morgan fingerprint density at radius 3 is 2.00 bits per heavy atom. The molecule has 0 rings (SSSR count). The number of ether oxygens (including phenoxy) is 1. The highest BCUT2D eigenvalue weighted by Gasteiger charge is 2.46. The highest BCUT2D eigenvalue weighted by molar-refractivity contribution is 7.91. The molecular weight excluding hydrogens is 277 g/mol. The molecule has 0 fully saturated rings. The minimum absolute atomic E-state index is 0.735. The first-order chi connectivity index (χ1) is 7.74. The maximum Gasteiger partial charge on any atom is 0.518 e. The van der Waals surface area contributed by atoms with Gasteiger partial charge in [-0.3, -0.25) is 5.32 Å². The Kier molecular flexibility index (Phi) is 4.75. The van der Waals surface area contributed by atoms with Gasteiger partial charge < -0.3 is 4.74 Å². The average Bonchev–Trinajstić information content (AvgIpc) is 1.94. The number of amides is 1.